The summed E-state index contributed by atoms with van der Waals surface area (Å²) in [5.74, 6) is 0.692. The minimum Gasteiger partial charge on any atom is -0.338 e. The number of carbonyl (C=O) groups excluding carboxylic acids is 1. The van der Waals surface area contributed by atoms with E-state index in [1.165, 1.54) is 31.2 Å². The van der Waals surface area contributed by atoms with Crippen molar-refractivity contribution < 1.29 is 4.79 Å². The van der Waals surface area contributed by atoms with E-state index in [2.05, 4.69) is 38.7 Å². The Hall–Kier alpha value is -1.03. The van der Waals surface area contributed by atoms with Crippen molar-refractivity contribution in [2.45, 2.75) is 32.1 Å². The van der Waals surface area contributed by atoms with Gasteiger partial charge in [0.1, 0.15) is 0 Å². The fourth-order valence-electron chi connectivity index (χ4n) is 2.49. The molecule has 0 radical (unpaired) electrons. The van der Waals surface area contributed by atoms with Crippen LogP contribution in [0.15, 0.2) is 28.7 Å². The van der Waals surface area contributed by atoms with E-state index in [0.717, 1.165) is 17.4 Å². The van der Waals surface area contributed by atoms with Gasteiger partial charge in [-0.1, -0.05) is 40.9 Å². The van der Waals surface area contributed by atoms with E-state index in [1.54, 1.807) is 0 Å². The van der Waals surface area contributed by atoms with Crippen molar-refractivity contribution in [3.8, 4) is 0 Å². The van der Waals surface area contributed by atoms with E-state index in [1.807, 2.05) is 12.1 Å². The van der Waals surface area contributed by atoms with Gasteiger partial charge in [-0.2, -0.15) is 0 Å². The largest absolute Gasteiger partial charge is 0.338 e. The monoisotopic (exact) mass is 324 g/mol. The zero-order chi connectivity index (χ0) is 13.5. The minimum atomic E-state index is -0.0380. The van der Waals surface area contributed by atoms with Gasteiger partial charge in [-0.15, -0.1) is 0 Å². The first kappa shape index (κ1) is 14.4. The van der Waals surface area contributed by atoms with Gasteiger partial charge in [0.15, 0.2) is 0 Å². The summed E-state index contributed by atoms with van der Waals surface area (Å²) in [6, 6.07) is 8.15. The van der Waals surface area contributed by atoms with Crippen molar-refractivity contribution >= 4 is 22.0 Å². The van der Waals surface area contributed by atoms with Crippen LogP contribution in [-0.4, -0.2) is 19.1 Å². The Bertz CT molecular complexity index is 399. The van der Waals surface area contributed by atoms with Gasteiger partial charge in [0.05, 0.1) is 0 Å². The van der Waals surface area contributed by atoms with Gasteiger partial charge in [0, 0.05) is 17.6 Å². The van der Waals surface area contributed by atoms with Crippen LogP contribution in [0.1, 0.15) is 31.2 Å². The summed E-state index contributed by atoms with van der Waals surface area (Å²) in [5.41, 5.74) is 1.24. The molecule has 1 saturated carbocycles. The summed E-state index contributed by atoms with van der Waals surface area (Å²) in [6.07, 6.45) is 6.03. The molecule has 19 heavy (non-hydrogen) atoms. The zero-order valence-electron chi connectivity index (χ0n) is 11.1. The van der Waals surface area contributed by atoms with Crippen LogP contribution in [-0.2, 0) is 6.42 Å². The second-order valence-electron chi connectivity index (χ2n) is 5.16. The number of carbonyl (C=O) groups is 1. The maximum absolute atomic E-state index is 11.6. The number of amides is 2. The van der Waals surface area contributed by atoms with E-state index in [-0.39, 0.29) is 6.03 Å². The first-order chi connectivity index (χ1) is 9.24. The van der Waals surface area contributed by atoms with Gasteiger partial charge in [0.2, 0.25) is 0 Å². The molecule has 0 saturated heterocycles. The van der Waals surface area contributed by atoms with E-state index >= 15 is 0 Å². The highest BCUT2D eigenvalue weighted by atomic mass is 79.9. The molecule has 104 valence electrons. The molecule has 3 nitrogen and oxygen atoms in total. The Labute approximate surface area is 123 Å². The van der Waals surface area contributed by atoms with Gasteiger partial charge in [0.25, 0.3) is 0 Å². The number of halogens is 1. The third kappa shape index (κ3) is 5.23. The quantitative estimate of drug-likeness (QED) is 0.855. The van der Waals surface area contributed by atoms with Crippen molar-refractivity contribution in [2.75, 3.05) is 13.1 Å². The van der Waals surface area contributed by atoms with Crippen LogP contribution in [0.25, 0.3) is 0 Å². The number of urea groups is 1. The minimum absolute atomic E-state index is 0.0380. The molecule has 2 amide bonds. The average Bonchev–Trinajstić information content (AvgIpc) is 2.92. The average molecular weight is 325 g/mol. The highest BCUT2D eigenvalue weighted by molar-refractivity contribution is 9.10. The molecule has 1 aromatic rings. The molecule has 2 N–H and O–H groups in total. The Kier molecular flexibility index (Phi) is 5.70. The predicted octanol–water partition coefficient (Wildman–Crippen LogP) is 3.48. The van der Waals surface area contributed by atoms with Crippen LogP contribution in [0.4, 0.5) is 4.79 Å². The lowest BCUT2D eigenvalue weighted by Crippen LogP contribution is -2.38. The third-order valence-electron chi connectivity index (χ3n) is 3.64. The molecular formula is C15H21BrN2O. The molecule has 0 unspecified atom stereocenters. The zero-order valence-corrected chi connectivity index (χ0v) is 12.7. The van der Waals surface area contributed by atoms with E-state index in [0.29, 0.717) is 12.5 Å². The van der Waals surface area contributed by atoms with E-state index in [4.69, 9.17) is 0 Å². The summed E-state index contributed by atoms with van der Waals surface area (Å²) >= 11 is 3.41. The summed E-state index contributed by atoms with van der Waals surface area (Å²) in [6.45, 7) is 1.50. The number of rotatable bonds is 5. The van der Waals surface area contributed by atoms with Crippen molar-refractivity contribution in [3.63, 3.8) is 0 Å². The van der Waals surface area contributed by atoms with E-state index < -0.39 is 0 Å². The SMILES string of the molecule is O=C(NCCc1ccc(Br)cc1)NCC1CCCC1. The third-order valence-corrected chi connectivity index (χ3v) is 4.17. The topological polar surface area (TPSA) is 41.1 Å². The Morgan fingerprint density at radius 3 is 2.53 bits per heavy atom. The molecule has 0 heterocycles. The highest BCUT2D eigenvalue weighted by Gasteiger charge is 2.15. The van der Waals surface area contributed by atoms with Crippen LogP contribution in [0.5, 0.6) is 0 Å². The van der Waals surface area contributed by atoms with Gasteiger partial charge in [-0.05, 0) is 42.9 Å². The fraction of sp³-hybridized carbons (Fsp3) is 0.533. The van der Waals surface area contributed by atoms with Crippen molar-refractivity contribution in [1.29, 1.82) is 0 Å². The van der Waals surface area contributed by atoms with E-state index in [9.17, 15) is 4.79 Å². The predicted molar refractivity (Wildman–Crippen MR) is 81.2 cm³/mol. The molecule has 0 spiro atoms. The van der Waals surface area contributed by atoms with Crippen molar-refractivity contribution in [2.24, 2.45) is 5.92 Å². The summed E-state index contributed by atoms with van der Waals surface area (Å²) < 4.78 is 1.08. The smallest absolute Gasteiger partial charge is 0.314 e. The number of nitrogens with one attached hydrogen (secondary N) is 2. The van der Waals surface area contributed by atoms with Crippen LogP contribution in [0.3, 0.4) is 0 Å². The number of hydrogen-bond acceptors (Lipinski definition) is 1. The molecule has 2 rings (SSSR count). The standard InChI is InChI=1S/C15H21BrN2O/c16-14-7-5-12(6-8-14)9-10-17-15(19)18-11-13-3-1-2-4-13/h5-8,13H,1-4,9-11H2,(H2,17,18,19). The van der Waals surface area contributed by atoms with Gasteiger partial charge < -0.3 is 10.6 Å². The molecule has 0 atom stereocenters. The van der Waals surface area contributed by atoms with Crippen LogP contribution in [0, 0.1) is 5.92 Å². The summed E-state index contributed by atoms with van der Waals surface area (Å²) in [5, 5.41) is 5.87. The first-order valence-corrected chi connectivity index (χ1v) is 7.79. The molecule has 0 aromatic heterocycles. The molecule has 4 heteroatoms. The van der Waals surface area contributed by atoms with Crippen molar-refractivity contribution in [1.82, 2.24) is 10.6 Å². The van der Waals surface area contributed by atoms with Crippen LogP contribution in [0.2, 0.25) is 0 Å². The van der Waals surface area contributed by atoms with Crippen LogP contribution < -0.4 is 10.6 Å². The lowest BCUT2D eigenvalue weighted by molar-refractivity contribution is 0.239. The molecule has 0 bridgehead atoms. The fourth-order valence-corrected chi connectivity index (χ4v) is 2.75. The molecule has 1 aromatic carbocycles. The van der Waals surface area contributed by atoms with Crippen molar-refractivity contribution in [3.05, 3.63) is 34.3 Å². The van der Waals surface area contributed by atoms with Gasteiger partial charge >= 0.3 is 6.03 Å². The molecule has 1 aliphatic carbocycles. The number of benzene rings is 1. The lowest BCUT2D eigenvalue weighted by atomic mass is 10.1. The Morgan fingerprint density at radius 2 is 1.84 bits per heavy atom. The second-order valence-corrected chi connectivity index (χ2v) is 6.08. The molecule has 1 aliphatic rings. The lowest BCUT2D eigenvalue weighted by Gasteiger charge is -2.11. The van der Waals surface area contributed by atoms with Gasteiger partial charge in [-0.3, -0.25) is 0 Å². The molecule has 0 aliphatic heterocycles. The first-order valence-electron chi connectivity index (χ1n) is 7.00. The summed E-state index contributed by atoms with van der Waals surface area (Å²) in [4.78, 5) is 11.6. The normalized spacial score (nSPS) is 15.4. The molecular weight excluding hydrogens is 304 g/mol. The summed E-state index contributed by atoms with van der Waals surface area (Å²) in [7, 11) is 0. The molecule has 1 fully saturated rings. The second kappa shape index (κ2) is 7.53. The number of hydrogen-bond donors (Lipinski definition) is 2. The van der Waals surface area contributed by atoms with Gasteiger partial charge in [-0.25, -0.2) is 4.79 Å². The Morgan fingerprint density at radius 1 is 1.16 bits per heavy atom. The highest BCUT2D eigenvalue weighted by Crippen LogP contribution is 2.23. The Balaban J connectivity index is 1.59. The maximum Gasteiger partial charge on any atom is 0.314 e. The maximum atomic E-state index is 11.6. The van der Waals surface area contributed by atoms with Crippen LogP contribution >= 0.6 is 15.9 Å².